The zero-order valence-electron chi connectivity index (χ0n) is 12.4. The largest absolute Gasteiger partial charge is 0.317 e. The van der Waals surface area contributed by atoms with E-state index in [-0.39, 0.29) is 0 Å². The molecule has 3 aromatic heterocycles. The molecule has 3 rings (SSSR count). The van der Waals surface area contributed by atoms with E-state index in [0.717, 1.165) is 28.5 Å². The Bertz CT molecular complexity index is 904. The standard InChI is InChI=1S/C17H14N4O/c1-11-6-12(2)20-17-16(11)14(7-18)15(10-22)21(17)9-13-4-3-5-19-8-13/h3-6,8,10H,9H2,1-2H3. The van der Waals surface area contributed by atoms with Gasteiger partial charge in [-0.2, -0.15) is 5.26 Å². The summed E-state index contributed by atoms with van der Waals surface area (Å²) in [5.41, 5.74) is 4.18. The molecule has 3 heterocycles. The van der Waals surface area contributed by atoms with E-state index in [1.54, 1.807) is 17.0 Å². The van der Waals surface area contributed by atoms with Gasteiger partial charge in [-0.3, -0.25) is 9.78 Å². The van der Waals surface area contributed by atoms with Crippen molar-refractivity contribution in [3.8, 4) is 6.07 Å². The highest BCUT2D eigenvalue weighted by atomic mass is 16.1. The van der Waals surface area contributed by atoms with Crippen molar-refractivity contribution >= 4 is 17.3 Å². The van der Waals surface area contributed by atoms with Crippen molar-refractivity contribution in [2.24, 2.45) is 0 Å². The van der Waals surface area contributed by atoms with E-state index in [2.05, 4.69) is 16.0 Å². The van der Waals surface area contributed by atoms with Gasteiger partial charge in [0.05, 0.1) is 12.1 Å². The molecule has 0 radical (unpaired) electrons. The van der Waals surface area contributed by atoms with E-state index in [9.17, 15) is 10.1 Å². The van der Waals surface area contributed by atoms with E-state index in [0.29, 0.717) is 23.4 Å². The molecule has 5 heteroatoms. The summed E-state index contributed by atoms with van der Waals surface area (Å²) in [7, 11) is 0. The molecular weight excluding hydrogens is 276 g/mol. The van der Waals surface area contributed by atoms with Gasteiger partial charge in [-0.15, -0.1) is 0 Å². The second-order valence-corrected chi connectivity index (χ2v) is 5.22. The highest BCUT2D eigenvalue weighted by Crippen LogP contribution is 2.27. The predicted molar refractivity (Wildman–Crippen MR) is 82.6 cm³/mol. The molecule has 5 nitrogen and oxygen atoms in total. The number of fused-ring (bicyclic) bond motifs is 1. The van der Waals surface area contributed by atoms with Crippen molar-refractivity contribution < 1.29 is 4.79 Å². The summed E-state index contributed by atoms with van der Waals surface area (Å²) < 4.78 is 1.79. The summed E-state index contributed by atoms with van der Waals surface area (Å²) in [6, 6.07) is 7.85. The number of carbonyl (C=O) groups is 1. The summed E-state index contributed by atoms with van der Waals surface area (Å²) in [6.45, 7) is 4.29. The molecule has 0 N–H and O–H groups in total. The van der Waals surface area contributed by atoms with Crippen LogP contribution in [0.4, 0.5) is 0 Å². The summed E-state index contributed by atoms with van der Waals surface area (Å²) in [5, 5.41) is 10.2. The van der Waals surface area contributed by atoms with Gasteiger partial charge >= 0.3 is 0 Å². The van der Waals surface area contributed by atoms with Crippen LogP contribution in [0.15, 0.2) is 30.6 Å². The van der Waals surface area contributed by atoms with Crippen LogP contribution in [0.25, 0.3) is 11.0 Å². The van der Waals surface area contributed by atoms with Crippen LogP contribution in [0.1, 0.15) is 32.9 Å². The Hall–Kier alpha value is -3.00. The SMILES string of the molecule is Cc1cc(C)c2c(C#N)c(C=O)n(Cc3cccnc3)c2n1. The zero-order valence-corrected chi connectivity index (χ0v) is 12.4. The summed E-state index contributed by atoms with van der Waals surface area (Å²) in [6.07, 6.45) is 4.17. The lowest BCUT2D eigenvalue weighted by molar-refractivity contribution is 0.111. The molecule has 22 heavy (non-hydrogen) atoms. The van der Waals surface area contributed by atoms with E-state index in [4.69, 9.17) is 0 Å². The third kappa shape index (κ3) is 2.15. The number of nitriles is 1. The fourth-order valence-electron chi connectivity index (χ4n) is 2.77. The lowest BCUT2D eigenvalue weighted by atomic mass is 10.1. The minimum absolute atomic E-state index is 0.363. The topological polar surface area (TPSA) is 71.6 Å². The molecule has 0 aliphatic rings. The van der Waals surface area contributed by atoms with Crippen molar-refractivity contribution in [3.05, 3.63) is 58.7 Å². The average Bonchev–Trinajstić information content (AvgIpc) is 2.81. The zero-order chi connectivity index (χ0) is 15.7. The molecule has 0 fully saturated rings. The van der Waals surface area contributed by atoms with Gasteiger partial charge in [-0.25, -0.2) is 4.98 Å². The Kier molecular flexibility index (Phi) is 3.43. The Labute approximate surface area is 127 Å². The number of hydrogen-bond acceptors (Lipinski definition) is 4. The van der Waals surface area contributed by atoms with Gasteiger partial charge < -0.3 is 4.57 Å². The van der Waals surface area contributed by atoms with E-state index < -0.39 is 0 Å². The number of aromatic nitrogens is 3. The normalized spacial score (nSPS) is 10.6. The summed E-state index contributed by atoms with van der Waals surface area (Å²) >= 11 is 0. The molecule has 0 atom stereocenters. The molecule has 0 amide bonds. The molecule has 0 saturated heterocycles. The Morgan fingerprint density at radius 1 is 1.41 bits per heavy atom. The summed E-state index contributed by atoms with van der Waals surface area (Å²) in [4.78, 5) is 20.2. The average molecular weight is 290 g/mol. The molecule has 0 aliphatic carbocycles. The smallest absolute Gasteiger partial charge is 0.167 e. The maximum Gasteiger partial charge on any atom is 0.167 e. The molecule has 0 aliphatic heterocycles. The fraction of sp³-hybridized carbons (Fsp3) is 0.176. The minimum Gasteiger partial charge on any atom is -0.317 e. The molecule has 3 aromatic rings. The van der Waals surface area contributed by atoms with Gasteiger partial charge in [-0.1, -0.05) is 6.07 Å². The predicted octanol–water partition coefficient (Wildman–Crippen LogP) is 2.78. The van der Waals surface area contributed by atoms with E-state index >= 15 is 0 Å². The molecule has 0 aromatic carbocycles. The maximum atomic E-state index is 11.5. The fourth-order valence-corrected chi connectivity index (χ4v) is 2.77. The van der Waals surface area contributed by atoms with Crippen LogP contribution < -0.4 is 0 Å². The first-order chi connectivity index (χ1) is 10.7. The monoisotopic (exact) mass is 290 g/mol. The van der Waals surface area contributed by atoms with Crippen LogP contribution in [-0.4, -0.2) is 20.8 Å². The molecule has 0 bridgehead atoms. The first kappa shape index (κ1) is 14.0. The van der Waals surface area contributed by atoms with Gasteiger partial charge in [0, 0.05) is 23.5 Å². The molecule has 0 unspecified atom stereocenters. The number of rotatable bonds is 3. The third-order valence-electron chi connectivity index (χ3n) is 3.67. The van der Waals surface area contributed by atoms with Gasteiger partial charge in [-0.05, 0) is 37.1 Å². The second-order valence-electron chi connectivity index (χ2n) is 5.22. The first-order valence-electron chi connectivity index (χ1n) is 6.90. The third-order valence-corrected chi connectivity index (χ3v) is 3.67. The van der Waals surface area contributed by atoms with Crippen molar-refractivity contribution in [1.82, 2.24) is 14.5 Å². The number of nitrogens with zero attached hydrogens (tertiary/aromatic N) is 4. The van der Waals surface area contributed by atoms with Crippen molar-refractivity contribution in [3.63, 3.8) is 0 Å². The number of pyridine rings is 2. The Morgan fingerprint density at radius 3 is 2.86 bits per heavy atom. The first-order valence-corrected chi connectivity index (χ1v) is 6.90. The van der Waals surface area contributed by atoms with Crippen molar-refractivity contribution in [2.75, 3.05) is 0 Å². The second kappa shape index (κ2) is 5.41. The number of aryl methyl sites for hydroxylation is 2. The van der Waals surface area contributed by atoms with Crippen LogP contribution >= 0.6 is 0 Å². The van der Waals surface area contributed by atoms with Crippen molar-refractivity contribution in [2.45, 2.75) is 20.4 Å². The molecule has 0 saturated carbocycles. The van der Waals surface area contributed by atoms with Crippen LogP contribution in [0.2, 0.25) is 0 Å². The Balaban J connectivity index is 2.33. The lowest BCUT2D eigenvalue weighted by Gasteiger charge is -2.07. The highest BCUT2D eigenvalue weighted by Gasteiger charge is 2.20. The van der Waals surface area contributed by atoms with E-state index in [1.165, 1.54) is 0 Å². The van der Waals surface area contributed by atoms with Crippen LogP contribution in [0.3, 0.4) is 0 Å². The van der Waals surface area contributed by atoms with Gasteiger partial charge in [0.2, 0.25) is 0 Å². The highest BCUT2D eigenvalue weighted by molar-refractivity contribution is 5.95. The van der Waals surface area contributed by atoms with Gasteiger partial charge in [0.15, 0.2) is 6.29 Å². The van der Waals surface area contributed by atoms with Crippen LogP contribution in [0, 0.1) is 25.2 Å². The lowest BCUT2D eigenvalue weighted by Crippen LogP contribution is -2.06. The molecule has 108 valence electrons. The van der Waals surface area contributed by atoms with Gasteiger partial charge in [0.1, 0.15) is 17.4 Å². The Morgan fingerprint density at radius 2 is 2.23 bits per heavy atom. The number of hydrogen-bond donors (Lipinski definition) is 0. The van der Waals surface area contributed by atoms with Crippen LogP contribution in [0.5, 0.6) is 0 Å². The number of aldehydes is 1. The molecule has 0 spiro atoms. The minimum atomic E-state index is 0.363. The molecular formula is C17H14N4O. The van der Waals surface area contributed by atoms with Crippen LogP contribution in [-0.2, 0) is 6.54 Å². The number of carbonyl (C=O) groups excluding carboxylic acids is 1. The van der Waals surface area contributed by atoms with E-state index in [1.807, 2.05) is 32.0 Å². The maximum absolute atomic E-state index is 11.5. The van der Waals surface area contributed by atoms with Gasteiger partial charge in [0.25, 0.3) is 0 Å². The quantitative estimate of drug-likeness (QED) is 0.695. The van der Waals surface area contributed by atoms with Crippen molar-refractivity contribution in [1.29, 1.82) is 5.26 Å². The summed E-state index contributed by atoms with van der Waals surface area (Å²) in [5.74, 6) is 0.